The van der Waals surface area contributed by atoms with E-state index in [9.17, 15) is 5.11 Å². The molecule has 1 N–H and O–H groups in total. The Kier molecular flexibility index (Phi) is 3.64. The molecule has 1 heterocycles. The maximum Gasteiger partial charge on any atom is 0.0793 e. The van der Waals surface area contributed by atoms with Gasteiger partial charge in [0.2, 0.25) is 0 Å². The standard InChI is InChI=1S/C12H19NO/c1-8(2)5-12(14)11-6-9(3)13-10(4)7-11/h6-8,12,14H,5H2,1-4H3. The van der Waals surface area contributed by atoms with Crippen molar-refractivity contribution in [3.63, 3.8) is 0 Å². The molecule has 0 fully saturated rings. The van der Waals surface area contributed by atoms with Crippen molar-refractivity contribution in [2.75, 3.05) is 0 Å². The van der Waals surface area contributed by atoms with Crippen LogP contribution in [0.15, 0.2) is 12.1 Å². The van der Waals surface area contributed by atoms with Gasteiger partial charge < -0.3 is 5.11 Å². The smallest absolute Gasteiger partial charge is 0.0793 e. The van der Waals surface area contributed by atoms with Gasteiger partial charge in [-0.05, 0) is 43.9 Å². The number of aryl methyl sites for hydroxylation is 2. The Morgan fingerprint density at radius 2 is 1.71 bits per heavy atom. The minimum atomic E-state index is -0.351. The molecule has 1 atom stereocenters. The van der Waals surface area contributed by atoms with E-state index in [1.165, 1.54) is 0 Å². The summed E-state index contributed by atoms with van der Waals surface area (Å²) in [6.45, 7) is 8.14. The molecule has 1 rings (SSSR count). The lowest BCUT2D eigenvalue weighted by Crippen LogP contribution is -2.03. The van der Waals surface area contributed by atoms with Crippen LogP contribution in [0.2, 0.25) is 0 Å². The topological polar surface area (TPSA) is 33.1 Å². The minimum absolute atomic E-state index is 0.351. The molecule has 2 heteroatoms. The number of pyridine rings is 1. The van der Waals surface area contributed by atoms with E-state index in [4.69, 9.17) is 0 Å². The molecular formula is C12H19NO. The first-order valence-corrected chi connectivity index (χ1v) is 5.12. The molecule has 0 saturated heterocycles. The molecule has 0 spiro atoms. The number of nitrogens with zero attached hydrogens (tertiary/aromatic N) is 1. The molecule has 0 aliphatic heterocycles. The normalized spacial score (nSPS) is 13.3. The van der Waals surface area contributed by atoms with Gasteiger partial charge in [-0.1, -0.05) is 13.8 Å². The molecule has 0 aromatic carbocycles. The van der Waals surface area contributed by atoms with Crippen LogP contribution in [0.25, 0.3) is 0 Å². The summed E-state index contributed by atoms with van der Waals surface area (Å²) in [5.41, 5.74) is 2.94. The van der Waals surface area contributed by atoms with Gasteiger partial charge in [-0.3, -0.25) is 4.98 Å². The summed E-state index contributed by atoms with van der Waals surface area (Å²) in [5.74, 6) is 0.513. The molecule has 78 valence electrons. The van der Waals surface area contributed by atoms with Crippen molar-refractivity contribution in [2.45, 2.75) is 40.2 Å². The molecule has 0 amide bonds. The number of rotatable bonds is 3. The summed E-state index contributed by atoms with van der Waals surface area (Å²) in [6.07, 6.45) is 0.457. The van der Waals surface area contributed by atoms with Gasteiger partial charge in [-0.25, -0.2) is 0 Å². The van der Waals surface area contributed by atoms with Gasteiger partial charge in [0.05, 0.1) is 6.10 Å². The zero-order valence-electron chi connectivity index (χ0n) is 9.41. The number of aromatic nitrogens is 1. The van der Waals surface area contributed by atoms with Gasteiger partial charge >= 0.3 is 0 Å². The highest BCUT2D eigenvalue weighted by molar-refractivity contribution is 5.22. The van der Waals surface area contributed by atoms with Gasteiger partial charge in [0, 0.05) is 11.4 Å². The maximum atomic E-state index is 9.91. The Labute approximate surface area is 86.0 Å². The fourth-order valence-corrected chi connectivity index (χ4v) is 1.64. The molecular weight excluding hydrogens is 174 g/mol. The van der Waals surface area contributed by atoms with Crippen molar-refractivity contribution < 1.29 is 5.11 Å². The largest absolute Gasteiger partial charge is 0.388 e. The number of aliphatic hydroxyl groups excluding tert-OH is 1. The second kappa shape index (κ2) is 4.56. The Balaban J connectivity index is 2.84. The fraction of sp³-hybridized carbons (Fsp3) is 0.583. The third-order valence-electron chi connectivity index (χ3n) is 2.18. The molecule has 14 heavy (non-hydrogen) atoms. The number of hydrogen-bond donors (Lipinski definition) is 1. The molecule has 1 aromatic rings. The van der Waals surface area contributed by atoms with Crippen molar-refractivity contribution in [2.24, 2.45) is 5.92 Å². The molecule has 1 aromatic heterocycles. The second-order valence-electron chi connectivity index (χ2n) is 4.33. The molecule has 0 radical (unpaired) electrons. The van der Waals surface area contributed by atoms with Crippen molar-refractivity contribution in [3.05, 3.63) is 29.1 Å². The van der Waals surface area contributed by atoms with Crippen LogP contribution >= 0.6 is 0 Å². The summed E-state index contributed by atoms with van der Waals surface area (Å²) in [5, 5.41) is 9.91. The lowest BCUT2D eigenvalue weighted by atomic mass is 9.99. The molecule has 0 aliphatic rings. The SMILES string of the molecule is Cc1cc(C(O)CC(C)C)cc(C)n1. The van der Waals surface area contributed by atoms with Crippen molar-refractivity contribution in [1.82, 2.24) is 4.98 Å². The van der Waals surface area contributed by atoms with Gasteiger partial charge in [-0.2, -0.15) is 0 Å². The first kappa shape index (κ1) is 11.2. The van der Waals surface area contributed by atoms with E-state index in [0.717, 1.165) is 23.4 Å². The number of hydrogen-bond acceptors (Lipinski definition) is 2. The average molecular weight is 193 g/mol. The first-order valence-electron chi connectivity index (χ1n) is 5.12. The summed E-state index contributed by atoms with van der Waals surface area (Å²) < 4.78 is 0. The Morgan fingerprint density at radius 1 is 1.21 bits per heavy atom. The third kappa shape index (κ3) is 3.11. The lowest BCUT2D eigenvalue weighted by Gasteiger charge is -2.14. The van der Waals surface area contributed by atoms with Crippen molar-refractivity contribution in [3.8, 4) is 0 Å². The van der Waals surface area contributed by atoms with Crippen molar-refractivity contribution in [1.29, 1.82) is 0 Å². The van der Waals surface area contributed by atoms with Crippen LogP contribution in [-0.4, -0.2) is 10.1 Å². The maximum absolute atomic E-state index is 9.91. The fourth-order valence-electron chi connectivity index (χ4n) is 1.64. The predicted molar refractivity (Wildman–Crippen MR) is 58.1 cm³/mol. The van der Waals surface area contributed by atoms with Gasteiger partial charge in [-0.15, -0.1) is 0 Å². The van der Waals surface area contributed by atoms with E-state index in [-0.39, 0.29) is 6.10 Å². The van der Waals surface area contributed by atoms with Crippen LogP contribution in [0.4, 0.5) is 0 Å². The average Bonchev–Trinajstić information content (AvgIpc) is 2.00. The molecule has 0 bridgehead atoms. The van der Waals surface area contributed by atoms with E-state index < -0.39 is 0 Å². The molecule has 0 aliphatic carbocycles. The lowest BCUT2D eigenvalue weighted by molar-refractivity contribution is 0.151. The van der Waals surface area contributed by atoms with Crippen LogP contribution in [0, 0.1) is 19.8 Å². The van der Waals surface area contributed by atoms with Gasteiger partial charge in [0.25, 0.3) is 0 Å². The predicted octanol–water partition coefficient (Wildman–Crippen LogP) is 2.78. The Morgan fingerprint density at radius 3 is 2.14 bits per heavy atom. The van der Waals surface area contributed by atoms with E-state index in [0.29, 0.717) is 5.92 Å². The van der Waals surface area contributed by atoms with E-state index in [1.807, 2.05) is 26.0 Å². The van der Waals surface area contributed by atoms with Crippen LogP contribution in [0.3, 0.4) is 0 Å². The monoisotopic (exact) mass is 193 g/mol. The van der Waals surface area contributed by atoms with Gasteiger partial charge in [0.15, 0.2) is 0 Å². The number of aliphatic hydroxyl groups is 1. The highest BCUT2D eigenvalue weighted by Gasteiger charge is 2.10. The van der Waals surface area contributed by atoms with E-state index in [2.05, 4.69) is 18.8 Å². The van der Waals surface area contributed by atoms with Crippen LogP contribution < -0.4 is 0 Å². The van der Waals surface area contributed by atoms with Crippen LogP contribution in [0.5, 0.6) is 0 Å². The zero-order valence-corrected chi connectivity index (χ0v) is 9.41. The first-order chi connectivity index (χ1) is 6.49. The van der Waals surface area contributed by atoms with Crippen molar-refractivity contribution >= 4 is 0 Å². The summed E-state index contributed by atoms with van der Waals surface area (Å²) >= 11 is 0. The summed E-state index contributed by atoms with van der Waals surface area (Å²) in [4.78, 5) is 4.28. The highest BCUT2D eigenvalue weighted by Crippen LogP contribution is 2.21. The third-order valence-corrected chi connectivity index (χ3v) is 2.18. The van der Waals surface area contributed by atoms with Gasteiger partial charge in [0.1, 0.15) is 0 Å². The highest BCUT2D eigenvalue weighted by atomic mass is 16.3. The Hall–Kier alpha value is -0.890. The molecule has 2 nitrogen and oxygen atoms in total. The molecule has 0 saturated carbocycles. The summed E-state index contributed by atoms with van der Waals surface area (Å²) in [7, 11) is 0. The second-order valence-corrected chi connectivity index (χ2v) is 4.33. The van der Waals surface area contributed by atoms with Crippen LogP contribution in [0.1, 0.15) is 43.3 Å². The zero-order chi connectivity index (χ0) is 10.7. The molecule has 1 unspecified atom stereocenters. The van der Waals surface area contributed by atoms with Crippen LogP contribution in [-0.2, 0) is 0 Å². The quantitative estimate of drug-likeness (QED) is 0.800. The minimum Gasteiger partial charge on any atom is -0.388 e. The summed E-state index contributed by atoms with van der Waals surface area (Å²) in [6, 6.07) is 3.92. The van der Waals surface area contributed by atoms with E-state index >= 15 is 0 Å². The Bertz CT molecular complexity index is 287. The van der Waals surface area contributed by atoms with E-state index in [1.54, 1.807) is 0 Å².